The highest BCUT2D eigenvalue weighted by atomic mass is 16.2. The van der Waals surface area contributed by atoms with Crippen LogP contribution >= 0.6 is 0 Å². The molecule has 0 unspecified atom stereocenters. The lowest BCUT2D eigenvalue weighted by atomic mass is 9.98. The number of aromatic nitrogens is 3. The molecule has 0 saturated carbocycles. The van der Waals surface area contributed by atoms with Gasteiger partial charge in [0.25, 0.3) is 0 Å². The largest absolute Gasteiger partial charge is 0.388 e. The van der Waals surface area contributed by atoms with E-state index in [9.17, 15) is 4.79 Å². The van der Waals surface area contributed by atoms with Crippen molar-refractivity contribution in [2.75, 3.05) is 91.8 Å². The quantitative estimate of drug-likeness (QED) is 0.468. The fourth-order valence-corrected chi connectivity index (χ4v) is 5.74. The molecule has 0 aliphatic carbocycles. The lowest BCUT2D eigenvalue weighted by Crippen LogP contribution is -2.51. The van der Waals surface area contributed by atoms with E-state index in [0.717, 1.165) is 73.5 Å². The summed E-state index contributed by atoms with van der Waals surface area (Å²) in [6.45, 7) is 11.0. The van der Waals surface area contributed by atoms with Crippen molar-refractivity contribution in [1.29, 1.82) is 0 Å². The Bertz CT molecular complexity index is 1430. The van der Waals surface area contributed by atoms with Crippen LogP contribution in [0.5, 0.6) is 0 Å². The Labute approximate surface area is 241 Å². The number of nitrogens with zero attached hydrogens (tertiary/aromatic N) is 8. The van der Waals surface area contributed by atoms with Gasteiger partial charge in [-0.25, -0.2) is 4.98 Å². The number of fused-ring (bicyclic) bond motifs is 1. The summed E-state index contributed by atoms with van der Waals surface area (Å²) in [5.41, 5.74) is 11.4. The Kier molecular flexibility index (Phi) is 7.36. The molecule has 0 radical (unpaired) electrons. The second-order valence-electron chi connectivity index (χ2n) is 11.0. The molecule has 3 aliphatic rings. The van der Waals surface area contributed by atoms with Crippen LogP contribution in [0.3, 0.4) is 0 Å². The standard InChI is InChI=1S/C30H38N10O/c1-21(32-2)23-5-7-26(33-18-23)39-14-15-40(29(41)20-39)25-6-4-22-8-9-38(19-24(22)16-25)28-17-27(34-30(31)35-28)37-12-10-36(3)11-13-37/h4-7,16-18,32H,1,8-15,19-20H2,2-3H3,(H2,31,34,35). The molecule has 0 bridgehead atoms. The fraction of sp³-hybridized carbons (Fsp3) is 0.400. The van der Waals surface area contributed by atoms with Crippen LogP contribution < -0.4 is 30.7 Å². The molecule has 1 amide bonds. The van der Waals surface area contributed by atoms with Gasteiger partial charge in [-0.1, -0.05) is 12.6 Å². The van der Waals surface area contributed by atoms with Crippen molar-refractivity contribution in [3.05, 3.63) is 65.9 Å². The van der Waals surface area contributed by atoms with Gasteiger partial charge in [0.2, 0.25) is 11.9 Å². The molecule has 3 aliphatic heterocycles. The number of piperazine rings is 2. The van der Waals surface area contributed by atoms with Gasteiger partial charge in [0, 0.05) is 88.6 Å². The van der Waals surface area contributed by atoms with Crippen molar-refractivity contribution < 1.29 is 4.79 Å². The summed E-state index contributed by atoms with van der Waals surface area (Å²) in [6, 6.07) is 12.4. The summed E-state index contributed by atoms with van der Waals surface area (Å²) in [5.74, 6) is 2.90. The number of hydrogen-bond acceptors (Lipinski definition) is 10. The van der Waals surface area contributed by atoms with Crippen molar-refractivity contribution in [2.45, 2.75) is 13.0 Å². The number of nitrogens with two attached hydrogens (primary N) is 1. The van der Waals surface area contributed by atoms with Crippen LogP contribution in [-0.2, 0) is 17.8 Å². The number of rotatable bonds is 6. The van der Waals surface area contributed by atoms with Gasteiger partial charge in [-0.2, -0.15) is 9.97 Å². The summed E-state index contributed by atoms with van der Waals surface area (Å²) in [6.07, 6.45) is 2.70. The van der Waals surface area contributed by atoms with Gasteiger partial charge in [0.05, 0.1) is 6.54 Å². The maximum Gasteiger partial charge on any atom is 0.246 e. The lowest BCUT2D eigenvalue weighted by Gasteiger charge is -2.36. The first-order valence-corrected chi connectivity index (χ1v) is 14.2. The van der Waals surface area contributed by atoms with E-state index in [0.29, 0.717) is 25.6 Å². The normalized spacial score (nSPS) is 18.0. The molecule has 2 fully saturated rings. The first kappa shape index (κ1) is 26.8. The summed E-state index contributed by atoms with van der Waals surface area (Å²) in [5, 5.41) is 3.04. The van der Waals surface area contributed by atoms with Crippen molar-refractivity contribution in [2.24, 2.45) is 0 Å². The number of carbonyl (C=O) groups excluding carboxylic acids is 1. The maximum absolute atomic E-state index is 13.3. The van der Waals surface area contributed by atoms with Gasteiger partial charge >= 0.3 is 0 Å². The van der Waals surface area contributed by atoms with Crippen LogP contribution in [0.25, 0.3) is 5.70 Å². The SMILES string of the molecule is C=C(NC)c1ccc(N2CCN(c3ccc4c(c3)CN(c3cc(N5CCN(C)CC5)nc(N)n3)CC4)C(=O)C2)nc1. The van der Waals surface area contributed by atoms with E-state index in [1.54, 1.807) is 6.20 Å². The van der Waals surface area contributed by atoms with Gasteiger partial charge in [-0.15, -0.1) is 0 Å². The molecule has 3 aromatic rings. The van der Waals surface area contributed by atoms with E-state index in [4.69, 9.17) is 5.73 Å². The summed E-state index contributed by atoms with van der Waals surface area (Å²) in [7, 11) is 3.98. The first-order valence-electron chi connectivity index (χ1n) is 14.2. The summed E-state index contributed by atoms with van der Waals surface area (Å²) in [4.78, 5) is 37.8. The maximum atomic E-state index is 13.3. The number of nitrogen functional groups attached to an aromatic ring is 1. The molecule has 0 spiro atoms. The van der Waals surface area contributed by atoms with Gasteiger partial charge in [0.1, 0.15) is 17.5 Å². The van der Waals surface area contributed by atoms with Crippen LogP contribution in [0.1, 0.15) is 16.7 Å². The molecule has 2 saturated heterocycles. The van der Waals surface area contributed by atoms with E-state index in [1.807, 2.05) is 29.0 Å². The third-order valence-electron chi connectivity index (χ3n) is 8.32. The molecule has 1 aromatic carbocycles. The van der Waals surface area contributed by atoms with Gasteiger partial charge in [-0.05, 0) is 48.9 Å². The van der Waals surface area contributed by atoms with E-state index < -0.39 is 0 Å². The number of pyridine rings is 1. The number of benzene rings is 1. The average molecular weight is 555 g/mol. The van der Waals surface area contributed by atoms with E-state index in [-0.39, 0.29) is 12.5 Å². The molecule has 214 valence electrons. The molecule has 2 aromatic heterocycles. The molecule has 5 heterocycles. The monoisotopic (exact) mass is 554 g/mol. The summed E-state index contributed by atoms with van der Waals surface area (Å²) >= 11 is 0. The fourth-order valence-electron chi connectivity index (χ4n) is 5.74. The van der Waals surface area contributed by atoms with Crippen LogP contribution in [0, 0.1) is 0 Å². The number of carbonyl (C=O) groups is 1. The van der Waals surface area contributed by atoms with Crippen molar-refractivity contribution in [3.8, 4) is 0 Å². The van der Waals surface area contributed by atoms with Crippen LogP contribution in [0.15, 0.2) is 49.2 Å². The Morgan fingerprint density at radius 2 is 1.59 bits per heavy atom. The van der Waals surface area contributed by atoms with Gasteiger partial charge in [-0.3, -0.25) is 4.79 Å². The Hall–Kier alpha value is -4.38. The second-order valence-corrected chi connectivity index (χ2v) is 11.0. The van der Waals surface area contributed by atoms with Crippen LogP contribution in [0.2, 0.25) is 0 Å². The van der Waals surface area contributed by atoms with Gasteiger partial charge in [0.15, 0.2) is 0 Å². The predicted molar refractivity (Wildman–Crippen MR) is 164 cm³/mol. The zero-order valence-corrected chi connectivity index (χ0v) is 23.9. The minimum absolute atomic E-state index is 0.0646. The molecular formula is C30H38N10O. The van der Waals surface area contributed by atoms with Crippen LogP contribution in [0.4, 0.5) is 29.1 Å². The number of nitrogens with one attached hydrogen (secondary N) is 1. The topological polar surface area (TPSA) is 110 Å². The smallest absolute Gasteiger partial charge is 0.246 e. The number of hydrogen-bond donors (Lipinski definition) is 2. The van der Waals surface area contributed by atoms with E-state index in [1.165, 1.54) is 11.1 Å². The molecule has 3 N–H and O–H groups in total. The van der Waals surface area contributed by atoms with E-state index >= 15 is 0 Å². The molecule has 0 atom stereocenters. The molecule has 11 nitrogen and oxygen atoms in total. The Morgan fingerprint density at radius 3 is 2.29 bits per heavy atom. The molecular weight excluding hydrogens is 516 g/mol. The highest BCUT2D eigenvalue weighted by Gasteiger charge is 2.28. The Morgan fingerprint density at radius 1 is 0.854 bits per heavy atom. The average Bonchev–Trinajstić information content (AvgIpc) is 3.00. The third-order valence-corrected chi connectivity index (χ3v) is 8.32. The summed E-state index contributed by atoms with van der Waals surface area (Å²) < 4.78 is 0. The first-order chi connectivity index (χ1) is 19.9. The zero-order chi connectivity index (χ0) is 28.5. The molecule has 41 heavy (non-hydrogen) atoms. The highest BCUT2D eigenvalue weighted by molar-refractivity contribution is 5.97. The molecule has 6 rings (SSSR count). The van der Waals surface area contributed by atoms with Crippen molar-refractivity contribution in [1.82, 2.24) is 25.2 Å². The number of amides is 1. The minimum Gasteiger partial charge on any atom is -0.388 e. The lowest BCUT2D eigenvalue weighted by molar-refractivity contribution is -0.117. The van der Waals surface area contributed by atoms with Crippen molar-refractivity contribution >= 4 is 40.7 Å². The number of likely N-dealkylation sites (N-methyl/N-ethyl adjacent to an activating group) is 1. The van der Waals surface area contributed by atoms with E-state index in [2.05, 4.69) is 72.9 Å². The zero-order valence-electron chi connectivity index (χ0n) is 23.9. The third kappa shape index (κ3) is 5.62. The predicted octanol–water partition coefficient (Wildman–Crippen LogP) is 1.81. The second kappa shape index (κ2) is 11.2. The minimum atomic E-state index is 0.0646. The van der Waals surface area contributed by atoms with Crippen LogP contribution in [-0.4, -0.2) is 92.2 Å². The molecule has 11 heteroatoms. The highest BCUT2D eigenvalue weighted by Crippen LogP contribution is 2.30. The Balaban J connectivity index is 1.15. The van der Waals surface area contributed by atoms with Gasteiger partial charge < -0.3 is 35.6 Å². The van der Waals surface area contributed by atoms with Crippen molar-refractivity contribution in [3.63, 3.8) is 0 Å². The number of anilines is 5.